The first-order valence-corrected chi connectivity index (χ1v) is 11.3. The highest BCUT2D eigenvalue weighted by atomic mass is 79.9. The van der Waals surface area contributed by atoms with Gasteiger partial charge in [-0.05, 0) is 46.3 Å². The van der Waals surface area contributed by atoms with E-state index in [1.165, 1.54) is 12.0 Å². The lowest BCUT2D eigenvalue weighted by Crippen LogP contribution is -2.27. The molecule has 0 spiro atoms. The Morgan fingerprint density at radius 2 is 1.94 bits per heavy atom. The number of hydrogen-bond donors (Lipinski definition) is 0. The summed E-state index contributed by atoms with van der Waals surface area (Å²) in [6, 6.07) is 17.3. The molecule has 1 fully saturated rings. The van der Waals surface area contributed by atoms with Gasteiger partial charge >= 0.3 is 0 Å². The number of terminal acetylenes is 1. The van der Waals surface area contributed by atoms with Gasteiger partial charge in [-0.1, -0.05) is 64.3 Å². The van der Waals surface area contributed by atoms with Crippen LogP contribution < -0.4 is 9.47 Å². The van der Waals surface area contributed by atoms with Crippen LogP contribution in [0.3, 0.4) is 0 Å². The molecule has 0 aromatic heterocycles. The molecule has 7 heteroatoms. The predicted octanol–water partition coefficient (Wildman–Crippen LogP) is 5.86. The van der Waals surface area contributed by atoms with Crippen molar-refractivity contribution in [2.24, 2.45) is 0 Å². The van der Waals surface area contributed by atoms with Gasteiger partial charge in [0, 0.05) is 10.0 Å². The van der Waals surface area contributed by atoms with E-state index < -0.39 is 0 Å². The number of rotatable bonds is 6. The van der Waals surface area contributed by atoms with E-state index in [1.807, 2.05) is 42.5 Å². The van der Waals surface area contributed by atoms with Crippen LogP contribution in [0.25, 0.3) is 16.8 Å². The third kappa shape index (κ3) is 4.38. The van der Waals surface area contributed by atoms with E-state index in [4.69, 9.17) is 15.9 Å². The second-order valence-corrected chi connectivity index (χ2v) is 8.83. The van der Waals surface area contributed by atoms with E-state index in [1.54, 1.807) is 18.2 Å². The molecule has 5 nitrogen and oxygen atoms in total. The quantitative estimate of drug-likeness (QED) is 0.309. The van der Waals surface area contributed by atoms with Crippen LogP contribution in [0.15, 0.2) is 64.0 Å². The molecular formula is C25H18BrNO4S. The van der Waals surface area contributed by atoms with Crippen molar-refractivity contribution in [2.75, 3.05) is 13.7 Å². The molecule has 0 atom stereocenters. The zero-order chi connectivity index (χ0) is 22.7. The largest absolute Gasteiger partial charge is 0.493 e. The van der Waals surface area contributed by atoms with Crippen LogP contribution in [0.4, 0.5) is 4.79 Å². The number of nitrogens with zero attached hydrogens (tertiary/aromatic N) is 1. The molecule has 0 aliphatic carbocycles. The summed E-state index contributed by atoms with van der Waals surface area (Å²) in [6.07, 6.45) is 6.96. The van der Waals surface area contributed by atoms with Crippen molar-refractivity contribution in [3.8, 4) is 23.8 Å². The maximum absolute atomic E-state index is 13.1. The molecule has 32 heavy (non-hydrogen) atoms. The Morgan fingerprint density at radius 1 is 1.16 bits per heavy atom. The number of carbonyl (C=O) groups excluding carboxylic acids is 2. The van der Waals surface area contributed by atoms with Crippen molar-refractivity contribution in [3.63, 3.8) is 0 Å². The van der Waals surface area contributed by atoms with E-state index in [-0.39, 0.29) is 24.3 Å². The highest BCUT2D eigenvalue weighted by Gasteiger charge is 2.35. The first kappa shape index (κ1) is 22.0. The average molecular weight is 508 g/mol. The first-order chi connectivity index (χ1) is 15.5. The predicted molar refractivity (Wildman–Crippen MR) is 130 cm³/mol. The highest BCUT2D eigenvalue weighted by molar-refractivity contribution is 9.10. The molecule has 1 heterocycles. The van der Waals surface area contributed by atoms with Gasteiger partial charge in [0.1, 0.15) is 6.61 Å². The van der Waals surface area contributed by atoms with Gasteiger partial charge in [0.25, 0.3) is 11.1 Å². The van der Waals surface area contributed by atoms with Crippen LogP contribution in [0, 0.1) is 12.3 Å². The van der Waals surface area contributed by atoms with Crippen molar-refractivity contribution in [3.05, 3.63) is 75.1 Å². The third-order valence-corrected chi connectivity index (χ3v) is 6.30. The van der Waals surface area contributed by atoms with Crippen molar-refractivity contribution in [2.45, 2.75) is 6.54 Å². The molecule has 1 aliphatic heterocycles. The fourth-order valence-electron chi connectivity index (χ4n) is 3.49. The second kappa shape index (κ2) is 9.51. The lowest BCUT2D eigenvalue weighted by Gasteiger charge is -2.15. The SMILES string of the molecule is C#CCOc1c(/C=C2\SC(=O)N(Cc3cccc4ccccc34)C2=O)cc(Br)cc1OC. The van der Waals surface area contributed by atoms with Crippen LogP contribution in [0.5, 0.6) is 11.5 Å². The Labute approximate surface area is 198 Å². The number of halogens is 1. The maximum Gasteiger partial charge on any atom is 0.293 e. The Bertz CT molecular complexity index is 1290. The average Bonchev–Trinajstić information content (AvgIpc) is 3.05. The molecule has 0 N–H and O–H groups in total. The van der Waals surface area contributed by atoms with E-state index in [0.717, 1.165) is 32.6 Å². The van der Waals surface area contributed by atoms with Crippen LogP contribution >= 0.6 is 27.7 Å². The van der Waals surface area contributed by atoms with Crippen molar-refractivity contribution in [1.29, 1.82) is 0 Å². The normalized spacial score (nSPS) is 14.8. The zero-order valence-corrected chi connectivity index (χ0v) is 19.5. The summed E-state index contributed by atoms with van der Waals surface area (Å²) >= 11 is 4.34. The van der Waals surface area contributed by atoms with Gasteiger partial charge in [0.15, 0.2) is 11.5 Å². The molecule has 4 rings (SSSR count). The Hall–Kier alpha value is -3.21. The summed E-state index contributed by atoms with van der Waals surface area (Å²) in [6.45, 7) is 0.243. The summed E-state index contributed by atoms with van der Waals surface area (Å²) in [4.78, 5) is 27.4. The topological polar surface area (TPSA) is 55.8 Å². The lowest BCUT2D eigenvalue weighted by atomic mass is 10.0. The molecule has 1 aliphatic rings. The molecule has 3 aromatic rings. The van der Waals surface area contributed by atoms with Crippen molar-refractivity contribution >= 4 is 55.7 Å². The zero-order valence-electron chi connectivity index (χ0n) is 17.1. The maximum atomic E-state index is 13.1. The standard InChI is InChI=1S/C25H18BrNO4S/c1-3-11-31-23-18(12-19(26)14-21(23)30-2)13-22-24(28)27(25(29)32-22)15-17-9-6-8-16-7-4-5-10-20(16)17/h1,4-10,12-14H,11,15H2,2H3/b22-13-. The summed E-state index contributed by atoms with van der Waals surface area (Å²) in [5.74, 6) is 2.95. The fourth-order valence-corrected chi connectivity index (χ4v) is 4.78. The fraction of sp³-hybridized carbons (Fsp3) is 0.120. The van der Waals surface area contributed by atoms with Crippen LogP contribution in [0.2, 0.25) is 0 Å². The molecule has 0 saturated carbocycles. The van der Waals surface area contributed by atoms with Gasteiger partial charge in [0.2, 0.25) is 0 Å². The van der Waals surface area contributed by atoms with Gasteiger partial charge in [-0.3, -0.25) is 14.5 Å². The van der Waals surface area contributed by atoms with Crippen molar-refractivity contribution in [1.82, 2.24) is 4.90 Å². The van der Waals surface area contributed by atoms with Crippen LogP contribution in [-0.4, -0.2) is 29.8 Å². The number of methoxy groups -OCH3 is 1. The van der Waals surface area contributed by atoms with Gasteiger partial charge < -0.3 is 9.47 Å². The summed E-state index contributed by atoms with van der Waals surface area (Å²) in [5, 5.41) is 1.76. The molecule has 1 saturated heterocycles. The number of imide groups is 1. The van der Waals surface area contributed by atoms with E-state index in [9.17, 15) is 9.59 Å². The van der Waals surface area contributed by atoms with E-state index >= 15 is 0 Å². The number of hydrogen-bond acceptors (Lipinski definition) is 5. The van der Waals surface area contributed by atoms with Gasteiger partial charge in [-0.2, -0.15) is 0 Å². The Kier molecular flexibility index (Phi) is 6.54. The molecule has 0 unspecified atom stereocenters. The number of benzene rings is 3. The molecular weight excluding hydrogens is 490 g/mol. The highest BCUT2D eigenvalue weighted by Crippen LogP contribution is 2.40. The minimum atomic E-state index is -0.352. The van der Waals surface area contributed by atoms with E-state index in [2.05, 4.69) is 21.9 Å². The lowest BCUT2D eigenvalue weighted by molar-refractivity contribution is -0.123. The molecule has 0 bridgehead atoms. The molecule has 0 radical (unpaired) electrons. The number of fused-ring (bicyclic) bond motifs is 1. The Balaban J connectivity index is 1.67. The summed E-state index contributed by atoms with van der Waals surface area (Å²) in [5.41, 5.74) is 1.50. The van der Waals surface area contributed by atoms with E-state index in [0.29, 0.717) is 22.0 Å². The minimum absolute atomic E-state index is 0.0430. The molecule has 160 valence electrons. The van der Waals surface area contributed by atoms with Gasteiger partial charge in [0.05, 0.1) is 18.6 Å². The monoisotopic (exact) mass is 507 g/mol. The third-order valence-electron chi connectivity index (χ3n) is 4.94. The summed E-state index contributed by atoms with van der Waals surface area (Å²) in [7, 11) is 1.52. The number of ether oxygens (including phenoxy) is 2. The first-order valence-electron chi connectivity index (χ1n) is 9.67. The minimum Gasteiger partial charge on any atom is -0.493 e. The Morgan fingerprint density at radius 3 is 2.72 bits per heavy atom. The van der Waals surface area contributed by atoms with Crippen molar-refractivity contribution < 1.29 is 19.1 Å². The van der Waals surface area contributed by atoms with Gasteiger partial charge in [-0.25, -0.2) is 0 Å². The van der Waals surface area contributed by atoms with Crippen LogP contribution in [0.1, 0.15) is 11.1 Å². The molecule has 3 aromatic carbocycles. The van der Waals surface area contributed by atoms with Gasteiger partial charge in [-0.15, -0.1) is 6.42 Å². The summed E-state index contributed by atoms with van der Waals surface area (Å²) < 4.78 is 11.8. The number of amides is 2. The number of carbonyl (C=O) groups is 2. The van der Waals surface area contributed by atoms with Crippen LogP contribution in [-0.2, 0) is 11.3 Å². The smallest absolute Gasteiger partial charge is 0.293 e. The second-order valence-electron chi connectivity index (χ2n) is 6.93. The number of thioether (sulfide) groups is 1. The molecule has 2 amide bonds.